The highest BCUT2D eigenvalue weighted by Gasteiger charge is 2.32. The van der Waals surface area contributed by atoms with E-state index in [1.807, 2.05) is 6.92 Å². The van der Waals surface area contributed by atoms with Crippen LogP contribution >= 0.6 is 0 Å². The van der Waals surface area contributed by atoms with Crippen LogP contribution in [0.4, 0.5) is 0 Å². The van der Waals surface area contributed by atoms with E-state index >= 15 is 0 Å². The quantitative estimate of drug-likeness (QED) is 0.701. The first-order valence-electron chi connectivity index (χ1n) is 5.77. The van der Waals surface area contributed by atoms with Crippen molar-refractivity contribution in [3.8, 4) is 0 Å². The zero-order chi connectivity index (χ0) is 11.6. The highest BCUT2D eigenvalue weighted by molar-refractivity contribution is 5.89. The molecule has 2 heterocycles. The van der Waals surface area contributed by atoms with E-state index in [0.717, 1.165) is 19.4 Å². The Morgan fingerprint density at radius 2 is 2.50 bits per heavy atom. The summed E-state index contributed by atoms with van der Waals surface area (Å²) in [4.78, 5) is 22.7. The monoisotopic (exact) mass is 226 g/mol. The Morgan fingerprint density at radius 3 is 3.06 bits per heavy atom. The van der Waals surface area contributed by atoms with Gasteiger partial charge in [-0.3, -0.25) is 9.59 Å². The number of nitrogens with one attached hydrogen (secondary N) is 2. The minimum Gasteiger partial charge on any atom is -0.373 e. The number of hydrogen-bond acceptors (Lipinski definition) is 3. The molecule has 2 aliphatic heterocycles. The predicted molar refractivity (Wildman–Crippen MR) is 57.7 cm³/mol. The van der Waals surface area contributed by atoms with Crippen LogP contribution in [0.2, 0.25) is 0 Å². The second-order valence-electron chi connectivity index (χ2n) is 4.82. The molecule has 2 saturated heterocycles. The van der Waals surface area contributed by atoms with E-state index in [4.69, 9.17) is 4.74 Å². The Balaban J connectivity index is 1.77. The number of hydrogen-bond donors (Lipinski definition) is 2. The minimum absolute atomic E-state index is 0.0384. The van der Waals surface area contributed by atoms with E-state index in [0.29, 0.717) is 19.5 Å². The number of amides is 2. The first-order valence-corrected chi connectivity index (χ1v) is 5.77. The Morgan fingerprint density at radius 1 is 1.69 bits per heavy atom. The molecule has 0 aromatic carbocycles. The molecule has 0 saturated carbocycles. The Bertz CT molecular complexity index is 298. The lowest BCUT2D eigenvalue weighted by Crippen LogP contribution is -2.42. The van der Waals surface area contributed by atoms with Crippen molar-refractivity contribution in [3.63, 3.8) is 0 Å². The largest absolute Gasteiger partial charge is 0.373 e. The average Bonchev–Trinajstić information content (AvgIpc) is 2.85. The van der Waals surface area contributed by atoms with E-state index in [2.05, 4.69) is 10.6 Å². The van der Waals surface area contributed by atoms with Crippen molar-refractivity contribution in [2.75, 3.05) is 19.7 Å². The zero-order valence-corrected chi connectivity index (χ0v) is 9.54. The molecule has 2 atom stereocenters. The van der Waals surface area contributed by atoms with Crippen LogP contribution in [0.1, 0.15) is 26.2 Å². The van der Waals surface area contributed by atoms with Gasteiger partial charge in [-0.1, -0.05) is 0 Å². The third-order valence-corrected chi connectivity index (χ3v) is 3.29. The van der Waals surface area contributed by atoms with Crippen LogP contribution < -0.4 is 10.6 Å². The third-order valence-electron chi connectivity index (χ3n) is 3.29. The predicted octanol–water partition coefficient (Wildman–Crippen LogP) is -0.192. The molecular weight excluding hydrogens is 208 g/mol. The number of rotatable bonds is 3. The molecule has 2 amide bonds. The number of carbonyl (C=O) groups excluding carboxylic acids is 2. The van der Waals surface area contributed by atoms with Gasteiger partial charge in [-0.15, -0.1) is 0 Å². The molecule has 2 rings (SSSR count). The first kappa shape index (κ1) is 11.4. The zero-order valence-electron chi connectivity index (χ0n) is 9.54. The highest BCUT2D eigenvalue weighted by atomic mass is 16.5. The maximum Gasteiger partial charge on any atom is 0.225 e. The normalized spacial score (nSPS) is 33.8. The molecule has 5 heteroatoms. The van der Waals surface area contributed by atoms with Gasteiger partial charge in [-0.05, 0) is 19.8 Å². The molecular formula is C11H18N2O3. The van der Waals surface area contributed by atoms with Crippen molar-refractivity contribution in [3.05, 3.63) is 0 Å². The van der Waals surface area contributed by atoms with E-state index in [1.54, 1.807) is 0 Å². The summed E-state index contributed by atoms with van der Waals surface area (Å²) in [6.45, 7) is 3.78. The van der Waals surface area contributed by atoms with Gasteiger partial charge in [-0.25, -0.2) is 0 Å². The maximum absolute atomic E-state index is 11.7. The molecule has 90 valence electrons. The van der Waals surface area contributed by atoms with Crippen molar-refractivity contribution in [1.29, 1.82) is 0 Å². The van der Waals surface area contributed by atoms with Crippen LogP contribution in [0.3, 0.4) is 0 Å². The SMILES string of the molecule is CC1(CNC(=O)C2CNC(=O)C2)CCCO1. The highest BCUT2D eigenvalue weighted by Crippen LogP contribution is 2.24. The Labute approximate surface area is 94.9 Å². The van der Waals surface area contributed by atoms with Crippen LogP contribution in [-0.4, -0.2) is 37.1 Å². The van der Waals surface area contributed by atoms with Crippen LogP contribution in [0, 0.1) is 5.92 Å². The molecule has 2 aliphatic rings. The van der Waals surface area contributed by atoms with Gasteiger partial charge in [0.1, 0.15) is 0 Å². The Hall–Kier alpha value is -1.10. The van der Waals surface area contributed by atoms with Gasteiger partial charge in [-0.2, -0.15) is 0 Å². The summed E-state index contributed by atoms with van der Waals surface area (Å²) in [7, 11) is 0. The summed E-state index contributed by atoms with van der Waals surface area (Å²) in [6.07, 6.45) is 2.34. The number of ether oxygens (including phenoxy) is 1. The van der Waals surface area contributed by atoms with Gasteiger partial charge in [0.15, 0.2) is 0 Å². The molecule has 2 unspecified atom stereocenters. The molecule has 0 aliphatic carbocycles. The van der Waals surface area contributed by atoms with Crippen molar-refractivity contribution >= 4 is 11.8 Å². The first-order chi connectivity index (χ1) is 7.59. The Kier molecular flexibility index (Phi) is 3.14. The van der Waals surface area contributed by atoms with Crippen LogP contribution in [0.15, 0.2) is 0 Å². The van der Waals surface area contributed by atoms with E-state index < -0.39 is 0 Å². The molecule has 0 bridgehead atoms. The molecule has 0 aromatic heterocycles. The van der Waals surface area contributed by atoms with Gasteiger partial charge in [0.05, 0.1) is 11.5 Å². The third kappa shape index (κ3) is 2.52. The second-order valence-corrected chi connectivity index (χ2v) is 4.82. The summed E-state index contributed by atoms with van der Waals surface area (Å²) in [5.41, 5.74) is -0.217. The molecule has 0 radical (unpaired) electrons. The molecule has 2 fully saturated rings. The molecule has 0 spiro atoms. The summed E-state index contributed by atoms with van der Waals surface area (Å²) >= 11 is 0. The summed E-state index contributed by atoms with van der Waals surface area (Å²) in [6, 6.07) is 0. The summed E-state index contributed by atoms with van der Waals surface area (Å²) < 4.78 is 5.58. The van der Waals surface area contributed by atoms with Crippen LogP contribution in [-0.2, 0) is 14.3 Å². The van der Waals surface area contributed by atoms with Gasteiger partial charge in [0, 0.05) is 26.1 Å². The molecule has 16 heavy (non-hydrogen) atoms. The van der Waals surface area contributed by atoms with Crippen molar-refractivity contribution in [1.82, 2.24) is 10.6 Å². The van der Waals surface area contributed by atoms with Gasteiger partial charge < -0.3 is 15.4 Å². The lowest BCUT2D eigenvalue weighted by molar-refractivity contribution is -0.127. The smallest absolute Gasteiger partial charge is 0.225 e. The maximum atomic E-state index is 11.7. The average molecular weight is 226 g/mol. The second kappa shape index (κ2) is 4.41. The summed E-state index contributed by atoms with van der Waals surface area (Å²) in [5, 5.41) is 5.53. The minimum atomic E-state index is -0.217. The lowest BCUT2D eigenvalue weighted by Gasteiger charge is -2.24. The lowest BCUT2D eigenvalue weighted by atomic mass is 10.0. The fourth-order valence-electron chi connectivity index (χ4n) is 2.19. The molecule has 0 aromatic rings. The van der Waals surface area contributed by atoms with Crippen LogP contribution in [0.25, 0.3) is 0 Å². The van der Waals surface area contributed by atoms with Crippen molar-refractivity contribution < 1.29 is 14.3 Å². The van der Waals surface area contributed by atoms with E-state index in [-0.39, 0.29) is 23.3 Å². The van der Waals surface area contributed by atoms with E-state index in [1.165, 1.54) is 0 Å². The molecule has 5 nitrogen and oxygen atoms in total. The van der Waals surface area contributed by atoms with E-state index in [9.17, 15) is 9.59 Å². The number of carbonyl (C=O) groups is 2. The molecule has 2 N–H and O–H groups in total. The standard InChI is InChI=1S/C11H18N2O3/c1-11(3-2-4-16-11)7-13-10(15)8-5-9(14)12-6-8/h8H,2-7H2,1H3,(H,12,14)(H,13,15). The van der Waals surface area contributed by atoms with Crippen LogP contribution in [0.5, 0.6) is 0 Å². The fourth-order valence-corrected chi connectivity index (χ4v) is 2.19. The van der Waals surface area contributed by atoms with Gasteiger partial charge in [0.2, 0.25) is 11.8 Å². The van der Waals surface area contributed by atoms with Gasteiger partial charge in [0.25, 0.3) is 0 Å². The topological polar surface area (TPSA) is 67.4 Å². The van der Waals surface area contributed by atoms with Gasteiger partial charge >= 0.3 is 0 Å². The summed E-state index contributed by atoms with van der Waals surface area (Å²) in [5.74, 6) is -0.295. The van der Waals surface area contributed by atoms with Crippen molar-refractivity contribution in [2.24, 2.45) is 5.92 Å². The van der Waals surface area contributed by atoms with Crippen molar-refractivity contribution in [2.45, 2.75) is 31.8 Å². The fraction of sp³-hybridized carbons (Fsp3) is 0.818.